The van der Waals surface area contributed by atoms with Gasteiger partial charge in [0, 0.05) is 24.5 Å². The predicted octanol–water partition coefficient (Wildman–Crippen LogP) is 3.67. The van der Waals surface area contributed by atoms with Crippen LogP contribution in [0.1, 0.15) is 32.4 Å². The Morgan fingerprint density at radius 1 is 1.17 bits per heavy atom. The number of halogens is 1. The molecule has 0 spiro atoms. The topological polar surface area (TPSA) is 87.7 Å². The molecule has 0 aromatic heterocycles. The summed E-state index contributed by atoms with van der Waals surface area (Å²) >= 11 is 6.39. The molecule has 1 atom stereocenters. The van der Waals surface area contributed by atoms with Crippen LogP contribution in [0.3, 0.4) is 0 Å². The van der Waals surface area contributed by atoms with Crippen molar-refractivity contribution in [1.82, 2.24) is 9.62 Å². The highest BCUT2D eigenvalue weighted by Crippen LogP contribution is 2.29. The zero-order valence-corrected chi connectivity index (χ0v) is 19.2. The van der Waals surface area contributed by atoms with Crippen LogP contribution in [0.5, 0.6) is 5.75 Å². The minimum atomic E-state index is -3.84. The van der Waals surface area contributed by atoms with Gasteiger partial charge in [-0.05, 0) is 42.9 Å². The molecule has 2 aromatic rings. The SMILES string of the molecule is CCN(CC)C(CNS(=O)(=O)c1ccc(OC)c(NC(C)=O)c1)c1ccccc1Cl. The maximum absolute atomic E-state index is 13.0. The number of hydrogen-bond acceptors (Lipinski definition) is 5. The Kier molecular flexibility index (Phi) is 8.66. The maximum Gasteiger partial charge on any atom is 0.240 e. The van der Waals surface area contributed by atoms with E-state index in [9.17, 15) is 13.2 Å². The number of hydrogen-bond donors (Lipinski definition) is 2. The van der Waals surface area contributed by atoms with E-state index in [4.69, 9.17) is 16.3 Å². The van der Waals surface area contributed by atoms with Crippen molar-refractivity contribution in [3.63, 3.8) is 0 Å². The van der Waals surface area contributed by atoms with Gasteiger partial charge in [0.15, 0.2) is 0 Å². The Labute approximate surface area is 183 Å². The molecule has 0 saturated heterocycles. The van der Waals surface area contributed by atoms with Crippen molar-refractivity contribution < 1.29 is 17.9 Å². The highest BCUT2D eigenvalue weighted by Gasteiger charge is 2.24. The van der Waals surface area contributed by atoms with Gasteiger partial charge in [0.1, 0.15) is 5.75 Å². The predicted molar refractivity (Wildman–Crippen MR) is 120 cm³/mol. The number of sulfonamides is 1. The highest BCUT2D eigenvalue weighted by atomic mass is 35.5. The molecule has 2 N–H and O–H groups in total. The molecule has 2 rings (SSSR count). The van der Waals surface area contributed by atoms with E-state index in [1.165, 1.54) is 32.2 Å². The largest absolute Gasteiger partial charge is 0.495 e. The van der Waals surface area contributed by atoms with E-state index in [-0.39, 0.29) is 23.4 Å². The number of ether oxygens (including phenoxy) is 1. The third-order valence-corrected chi connectivity index (χ3v) is 6.54. The molecule has 0 fully saturated rings. The molecule has 0 bridgehead atoms. The van der Waals surface area contributed by atoms with Crippen molar-refractivity contribution in [2.24, 2.45) is 0 Å². The first kappa shape index (κ1) is 24.1. The number of anilines is 1. The van der Waals surface area contributed by atoms with E-state index in [1.807, 2.05) is 32.0 Å². The number of amides is 1. The normalized spacial score (nSPS) is 12.6. The molecule has 0 aliphatic carbocycles. The third-order valence-electron chi connectivity index (χ3n) is 4.78. The Morgan fingerprint density at radius 2 is 1.83 bits per heavy atom. The standard InChI is InChI=1S/C21H28ClN3O4S/c1-5-25(6-2)20(17-9-7-8-10-18(17)22)14-23-30(27,28)16-11-12-21(29-4)19(13-16)24-15(3)26/h7-13,20,23H,5-6,14H2,1-4H3,(H,24,26). The molecule has 7 nitrogen and oxygen atoms in total. The summed E-state index contributed by atoms with van der Waals surface area (Å²) in [5.74, 6) is 0.0531. The van der Waals surface area contributed by atoms with Gasteiger partial charge in [0.25, 0.3) is 0 Å². The van der Waals surface area contributed by atoms with Crippen LogP contribution in [0, 0.1) is 0 Å². The molecule has 30 heavy (non-hydrogen) atoms. The molecule has 0 aliphatic rings. The number of carbonyl (C=O) groups excluding carboxylic acids is 1. The Hall–Kier alpha value is -2.13. The first-order valence-corrected chi connectivity index (χ1v) is 11.5. The fraction of sp³-hybridized carbons (Fsp3) is 0.381. The van der Waals surface area contributed by atoms with Gasteiger partial charge < -0.3 is 10.1 Å². The van der Waals surface area contributed by atoms with E-state index in [0.29, 0.717) is 16.5 Å². The first-order valence-electron chi connectivity index (χ1n) is 9.67. The zero-order valence-electron chi connectivity index (χ0n) is 17.6. The van der Waals surface area contributed by atoms with Crippen molar-refractivity contribution in [3.05, 3.63) is 53.1 Å². The van der Waals surface area contributed by atoms with Gasteiger partial charge in [-0.25, -0.2) is 13.1 Å². The van der Waals surface area contributed by atoms with Crippen LogP contribution in [0.15, 0.2) is 47.4 Å². The van der Waals surface area contributed by atoms with E-state index in [2.05, 4.69) is 14.9 Å². The molecule has 0 radical (unpaired) electrons. The second-order valence-electron chi connectivity index (χ2n) is 6.65. The molecule has 0 saturated carbocycles. The van der Waals surface area contributed by atoms with E-state index < -0.39 is 10.0 Å². The smallest absolute Gasteiger partial charge is 0.240 e. The molecular weight excluding hydrogens is 426 g/mol. The first-order chi connectivity index (χ1) is 14.2. The fourth-order valence-corrected chi connectivity index (χ4v) is 4.58. The lowest BCUT2D eigenvalue weighted by Crippen LogP contribution is -2.38. The van der Waals surface area contributed by atoms with Gasteiger partial charge in [-0.15, -0.1) is 0 Å². The van der Waals surface area contributed by atoms with Gasteiger partial charge in [-0.2, -0.15) is 0 Å². The third kappa shape index (κ3) is 5.95. The summed E-state index contributed by atoms with van der Waals surface area (Å²) in [6.07, 6.45) is 0. The minimum absolute atomic E-state index is 0.0319. The molecule has 2 aromatic carbocycles. The van der Waals surface area contributed by atoms with Crippen molar-refractivity contribution in [1.29, 1.82) is 0 Å². The second-order valence-corrected chi connectivity index (χ2v) is 8.83. The summed E-state index contributed by atoms with van der Waals surface area (Å²) in [5, 5.41) is 3.18. The summed E-state index contributed by atoms with van der Waals surface area (Å²) < 4.78 is 33.8. The van der Waals surface area contributed by atoms with Crippen LogP contribution in [0.25, 0.3) is 0 Å². The van der Waals surface area contributed by atoms with Crippen molar-refractivity contribution in [2.75, 3.05) is 32.1 Å². The molecule has 9 heteroatoms. The lowest BCUT2D eigenvalue weighted by molar-refractivity contribution is -0.114. The van der Waals surface area contributed by atoms with Crippen molar-refractivity contribution in [2.45, 2.75) is 31.7 Å². The number of carbonyl (C=O) groups is 1. The van der Waals surface area contributed by atoms with Gasteiger partial charge >= 0.3 is 0 Å². The summed E-state index contributed by atoms with van der Waals surface area (Å²) in [6, 6.07) is 11.5. The highest BCUT2D eigenvalue weighted by molar-refractivity contribution is 7.89. The molecule has 0 heterocycles. The Morgan fingerprint density at radius 3 is 2.40 bits per heavy atom. The average Bonchev–Trinajstić information content (AvgIpc) is 2.71. The van der Waals surface area contributed by atoms with E-state index in [1.54, 1.807) is 6.07 Å². The minimum Gasteiger partial charge on any atom is -0.495 e. The Balaban J connectivity index is 2.32. The average molecular weight is 454 g/mol. The number of likely N-dealkylation sites (N-methyl/N-ethyl adjacent to an activating group) is 1. The van der Waals surface area contributed by atoms with Gasteiger partial charge in [-0.3, -0.25) is 9.69 Å². The molecule has 0 aliphatic heterocycles. The number of benzene rings is 2. The van der Waals surface area contributed by atoms with Crippen LogP contribution in [0.2, 0.25) is 5.02 Å². The van der Waals surface area contributed by atoms with E-state index >= 15 is 0 Å². The van der Waals surface area contributed by atoms with Crippen LogP contribution in [-0.2, 0) is 14.8 Å². The van der Waals surface area contributed by atoms with Crippen LogP contribution < -0.4 is 14.8 Å². The second kappa shape index (κ2) is 10.8. The quantitative estimate of drug-likeness (QED) is 0.573. The lowest BCUT2D eigenvalue weighted by atomic mass is 10.1. The van der Waals surface area contributed by atoms with E-state index in [0.717, 1.165) is 18.7 Å². The number of rotatable bonds is 10. The van der Waals surface area contributed by atoms with Crippen LogP contribution in [-0.4, -0.2) is 46.0 Å². The summed E-state index contributed by atoms with van der Waals surface area (Å²) in [7, 11) is -2.39. The number of methoxy groups -OCH3 is 1. The molecule has 164 valence electrons. The zero-order chi connectivity index (χ0) is 22.3. The fourth-order valence-electron chi connectivity index (χ4n) is 3.26. The van der Waals surface area contributed by atoms with Gasteiger partial charge in [-0.1, -0.05) is 43.6 Å². The monoisotopic (exact) mass is 453 g/mol. The van der Waals surface area contributed by atoms with Crippen molar-refractivity contribution >= 4 is 33.2 Å². The summed E-state index contributed by atoms with van der Waals surface area (Å²) in [5.41, 5.74) is 1.15. The Bertz CT molecular complexity index is 978. The summed E-state index contributed by atoms with van der Waals surface area (Å²) in [4.78, 5) is 13.6. The number of nitrogens with zero attached hydrogens (tertiary/aromatic N) is 1. The molecule has 1 amide bonds. The number of nitrogens with one attached hydrogen (secondary N) is 2. The molecule has 1 unspecified atom stereocenters. The van der Waals surface area contributed by atoms with Crippen LogP contribution >= 0.6 is 11.6 Å². The lowest BCUT2D eigenvalue weighted by Gasteiger charge is -2.30. The van der Waals surface area contributed by atoms with Gasteiger partial charge in [0.2, 0.25) is 15.9 Å². The molecular formula is C21H28ClN3O4S. The van der Waals surface area contributed by atoms with Gasteiger partial charge in [0.05, 0.1) is 17.7 Å². The van der Waals surface area contributed by atoms with Crippen LogP contribution in [0.4, 0.5) is 5.69 Å². The summed E-state index contributed by atoms with van der Waals surface area (Å²) in [6.45, 7) is 7.01. The van der Waals surface area contributed by atoms with Crippen molar-refractivity contribution in [3.8, 4) is 5.75 Å². The maximum atomic E-state index is 13.0.